The van der Waals surface area contributed by atoms with Gasteiger partial charge in [0.25, 0.3) is 0 Å². The zero-order valence-electron chi connectivity index (χ0n) is 15.8. The summed E-state index contributed by atoms with van der Waals surface area (Å²) < 4.78 is 10.4. The van der Waals surface area contributed by atoms with Crippen molar-refractivity contribution in [1.82, 2.24) is 9.80 Å². The molecule has 10 heteroatoms. The monoisotopic (exact) mass is 371 g/mol. The fraction of sp³-hybridized carbons (Fsp3) is 0.875. The van der Waals surface area contributed by atoms with Gasteiger partial charge in [-0.2, -0.15) is 0 Å². The van der Waals surface area contributed by atoms with Crippen LogP contribution in [-0.4, -0.2) is 84.5 Å². The number of likely N-dealkylation sites (tertiary alicyclic amines) is 1. The summed E-state index contributed by atoms with van der Waals surface area (Å²) in [6, 6.07) is 0.0441. The second-order valence-electron chi connectivity index (χ2n) is 7.19. The highest BCUT2D eigenvalue weighted by atomic mass is 16.6. The Labute approximate surface area is 153 Å². The number of amides is 1. The van der Waals surface area contributed by atoms with Crippen molar-refractivity contribution in [1.29, 1.82) is 0 Å². The molecular weight excluding hydrogens is 342 g/mol. The molecule has 148 valence electrons. The standard InChI is InChI=1S/C16H29N5O5/c1-16(2,3)26-15(24)21(10-11-25-12-14(22)23)9-8-20-6-4-13(5-7-20)18-19-17/h13H,4-12H2,1-3H3,(H,22,23). The number of azide groups is 1. The molecule has 0 unspecified atom stereocenters. The number of rotatable bonds is 9. The number of carboxylic acids is 1. The number of aliphatic carboxylic acids is 1. The van der Waals surface area contributed by atoms with E-state index in [1.165, 1.54) is 4.90 Å². The minimum Gasteiger partial charge on any atom is -0.480 e. The maximum absolute atomic E-state index is 12.4. The molecule has 0 aromatic carbocycles. The van der Waals surface area contributed by atoms with E-state index in [-0.39, 0.29) is 19.2 Å². The number of piperidine rings is 1. The van der Waals surface area contributed by atoms with E-state index in [0.29, 0.717) is 13.1 Å². The van der Waals surface area contributed by atoms with Crippen LogP contribution in [-0.2, 0) is 14.3 Å². The third-order valence-electron chi connectivity index (χ3n) is 3.84. The molecule has 1 N–H and O–H groups in total. The third-order valence-corrected chi connectivity index (χ3v) is 3.84. The predicted octanol–water partition coefficient (Wildman–Crippen LogP) is 2.10. The Kier molecular flexibility index (Phi) is 9.18. The van der Waals surface area contributed by atoms with E-state index in [1.54, 1.807) is 20.8 Å². The molecule has 0 aliphatic carbocycles. The molecule has 1 rings (SSSR count). The van der Waals surface area contributed by atoms with Crippen LogP contribution in [0.15, 0.2) is 5.11 Å². The molecule has 10 nitrogen and oxygen atoms in total. The van der Waals surface area contributed by atoms with Crippen molar-refractivity contribution in [2.45, 2.75) is 45.3 Å². The zero-order chi connectivity index (χ0) is 19.6. The van der Waals surface area contributed by atoms with Gasteiger partial charge in [0, 0.05) is 30.6 Å². The zero-order valence-corrected chi connectivity index (χ0v) is 15.8. The van der Waals surface area contributed by atoms with Crippen LogP contribution in [0.4, 0.5) is 4.79 Å². The van der Waals surface area contributed by atoms with Crippen molar-refractivity contribution in [3.05, 3.63) is 10.4 Å². The van der Waals surface area contributed by atoms with Crippen LogP contribution in [0.1, 0.15) is 33.6 Å². The summed E-state index contributed by atoms with van der Waals surface area (Å²) in [7, 11) is 0. The average Bonchev–Trinajstić information content (AvgIpc) is 2.54. The lowest BCUT2D eigenvalue weighted by Gasteiger charge is -2.32. The number of hydrogen-bond acceptors (Lipinski definition) is 6. The SMILES string of the molecule is CC(C)(C)OC(=O)N(CCOCC(=O)O)CCN1CCC(N=[N+]=[N-])CC1. The highest BCUT2D eigenvalue weighted by Crippen LogP contribution is 2.14. The van der Waals surface area contributed by atoms with Gasteiger partial charge in [-0.25, -0.2) is 9.59 Å². The Bertz CT molecular complexity index is 508. The van der Waals surface area contributed by atoms with Crippen molar-refractivity contribution >= 4 is 12.1 Å². The first-order chi connectivity index (χ1) is 12.2. The summed E-state index contributed by atoms with van der Waals surface area (Å²) in [5, 5.41) is 12.4. The normalized spacial score (nSPS) is 16.0. The molecule has 0 radical (unpaired) electrons. The number of ether oxygens (including phenoxy) is 2. The van der Waals surface area contributed by atoms with Crippen molar-refractivity contribution in [2.75, 3.05) is 45.9 Å². The number of carbonyl (C=O) groups excluding carboxylic acids is 1. The van der Waals surface area contributed by atoms with Gasteiger partial charge in [-0.1, -0.05) is 5.11 Å². The topological polar surface area (TPSA) is 128 Å². The van der Waals surface area contributed by atoms with Gasteiger partial charge in [0.15, 0.2) is 0 Å². The fourth-order valence-electron chi connectivity index (χ4n) is 2.55. The van der Waals surface area contributed by atoms with Gasteiger partial charge in [-0.15, -0.1) is 0 Å². The van der Waals surface area contributed by atoms with E-state index in [4.69, 9.17) is 20.1 Å². The quantitative estimate of drug-likeness (QED) is 0.286. The molecule has 0 aromatic rings. The maximum atomic E-state index is 12.4. The molecule has 26 heavy (non-hydrogen) atoms. The molecule has 0 atom stereocenters. The smallest absolute Gasteiger partial charge is 0.410 e. The third kappa shape index (κ3) is 9.45. The highest BCUT2D eigenvalue weighted by Gasteiger charge is 2.24. The average molecular weight is 371 g/mol. The maximum Gasteiger partial charge on any atom is 0.410 e. The summed E-state index contributed by atoms with van der Waals surface area (Å²) in [4.78, 5) is 29.5. The second-order valence-corrected chi connectivity index (χ2v) is 7.19. The minimum absolute atomic E-state index is 0.0441. The van der Waals surface area contributed by atoms with Gasteiger partial charge >= 0.3 is 12.1 Å². The van der Waals surface area contributed by atoms with E-state index in [2.05, 4.69) is 14.9 Å². The largest absolute Gasteiger partial charge is 0.480 e. The van der Waals surface area contributed by atoms with Gasteiger partial charge in [0.05, 0.1) is 6.61 Å². The molecule has 1 heterocycles. The molecule has 0 aromatic heterocycles. The van der Waals surface area contributed by atoms with Gasteiger partial charge in [-0.05, 0) is 52.2 Å². The summed E-state index contributed by atoms with van der Waals surface area (Å²) in [5.41, 5.74) is 7.88. The van der Waals surface area contributed by atoms with Crippen LogP contribution in [0, 0.1) is 0 Å². The number of hydrogen-bond donors (Lipinski definition) is 1. The van der Waals surface area contributed by atoms with Gasteiger partial charge < -0.3 is 24.4 Å². The Morgan fingerprint density at radius 3 is 2.50 bits per heavy atom. The summed E-state index contributed by atoms with van der Waals surface area (Å²) in [5.74, 6) is -1.04. The lowest BCUT2D eigenvalue weighted by Crippen LogP contribution is -2.45. The van der Waals surface area contributed by atoms with Crippen LogP contribution >= 0.6 is 0 Å². The van der Waals surface area contributed by atoms with Crippen LogP contribution in [0.25, 0.3) is 10.4 Å². The fourth-order valence-corrected chi connectivity index (χ4v) is 2.55. The number of carbonyl (C=O) groups is 2. The van der Waals surface area contributed by atoms with Gasteiger partial charge in [0.2, 0.25) is 0 Å². The van der Waals surface area contributed by atoms with E-state index in [9.17, 15) is 9.59 Å². The molecule has 0 saturated carbocycles. The van der Waals surface area contributed by atoms with Crippen LogP contribution in [0.5, 0.6) is 0 Å². The van der Waals surface area contributed by atoms with Crippen LogP contribution < -0.4 is 0 Å². The molecule has 1 aliphatic rings. The van der Waals surface area contributed by atoms with E-state index < -0.39 is 24.3 Å². The Balaban J connectivity index is 2.48. The van der Waals surface area contributed by atoms with Crippen molar-refractivity contribution in [2.24, 2.45) is 5.11 Å². The predicted molar refractivity (Wildman–Crippen MR) is 94.9 cm³/mol. The van der Waals surface area contributed by atoms with E-state index >= 15 is 0 Å². The lowest BCUT2D eigenvalue weighted by atomic mass is 10.1. The van der Waals surface area contributed by atoms with Crippen LogP contribution in [0.2, 0.25) is 0 Å². The molecule has 0 bridgehead atoms. The summed E-state index contributed by atoms with van der Waals surface area (Å²) in [6.07, 6.45) is 1.16. The molecule has 1 saturated heterocycles. The molecule has 0 spiro atoms. The first-order valence-electron chi connectivity index (χ1n) is 8.75. The highest BCUT2D eigenvalue weighted by molar-refractivity contribution is 5.68. The molecule has 1 aliphatic heterocycles. The summed E-state index contributed by atoms with van der Waals surface area (Å²) >= 11 is 0. The van der Waals surface area contributed by atoms with Crippen molar-refractivity contribution in [3.8, 4) is 0 Å². The Morgan fingerprint density at radius 2 is 1.96 bits per heavy atom. The number of nitrogens with zero attached hydrogens (tertiary/aromatic N) is 5. The van der Waals surface area contributed by atoms with E-state index in [0.717, 1.165) is 25.9 Å². The number of carboxylic acid groups (broad SMARTS) is 1. The molecular formula is C16H29N5O5. The Hall–Kier alpha value is -2.03. The lowest BCUT2D eigenvalue weighted by molar-refractivity contribution is -0.142. The summed E-state index contributed by atoms with van der Waals surface area (Å²) in [6.45, 7) is 8.12. The molecule has 1 amide bonds. The minimum atomic E-state index is -1.04. The molecule has 1 fully saturated rings. The second kappa shape index (κ2) is 10.8. The van der Waals surface area contributed by atoms with Crippen molar-refractivity contribution in [3.63, 3.8) is 0 Å². The Morgan fingerprint density at radius 1 is 1.31 bits per heavy atom. The van der Waals surface area contributed by atoms with Crippen LogP contribution in [0.3, 0.4) is 0 Å². The van der Waals surface area contributed by atoms with Gasteiger partial charge in [0.1, 0.15) is 12.2 Å². The van der Waals surface area contributed by atoms with Gasteiger partial charge in [-0.3, -0.25) is 0 Å². The first-order valence-corrected chi connectivity index (χ1v) is 8.75. The van der Waals surface area contributed by atoms with E-state index in [1.807, 2.05) is 0 Å². The first kappa shape index (κ1) is 22.0. The van der Waals surface area contributed by atoms with Crippen molar-refractivity contribution < 1.29 is 24.2 Å².